The molecule has 3 heteroatoms. The van der Waals surface area contributed by atoms with Crippen LogP contribution in [0.25, 0.3) is 0 Å². The number of β-amino-alcohol motifs (C(OH)–C–C–N with tert-alkyl or cyclic N) is 1. The van der Waals surface area contributed by atoms with E-state index in [0.717, 1.165) is 25.4 Å². The Morgan fingerprint density at radius 1 is 1.62 bits per heavy atom. The third kappa shape index (κ3) is 2.42. The van der Waals surface area contributed by atoms with E-state index in [2.05, 4.69) is 10.2 Å². The summed E-state index contributed by atoms with van der Waals surface area (Å²) in [6, 6.07) is 0. The van der Waals surface area contributed by atoms with Gasteiger partial charge in [0.15, 0.2) is 0 Å². The van der Waals surface area contributed by atoms with E-state index in [9.17, 15) is 5.11 Å². The second-order valence-electron chi connectivity index (χ2n) is 4.84. The normalized spacial score (nSPS) is 41.5. The average molecular weight is 184 g/mol. The van der Waals surface area contributed by atoms with Gasteiger partial charge in [-0.25, -0.2) is 0 Å². The van der Waals surface area contributed by atoms with Crippen molar-refractivity contribution in [3.8, 4) is 0 Å². The van der Waals surface area contributed by atoms with Gasteiger partial charge in [-0.05, 0) is 38.8 Å². The van der Waals surface area contributed by atoms with Crippen molar-refractivity contribution < 1.29 is 5.11 Å². The fourth-order valence-corrected chi connectivity index (χ4v) is 2.43. The lowest BCUT2D eigenvalue weighted by Gasteiger charge is -2.21. The van der Waals surface area contributed by atoms with E-state index in [1.807, 2.05) is 6.92 Å². The zero-order valence-electron chi connectivity index (χ0n) is 8.42. The van der Waals surface area contributed by atoms with E-state index in [1.54, 1.807) is 0 Å². The Labute approximate surface area is 80.1 Å². The van der Waals surface area contributed by atoms with Gasteiger partial charge >= 0.3 is 0 Å². The van der Waals surface area contributed by atoms with Crippen molar-refractivity contribution in [2.24, 2.45) is 5.92 Å². The molecule has 0 amide bonds. The molecule has 13 heavy (non-hydrogen) atoms. The van der Waals surface area contributed by atoms with Crippen molar-refractivity contribution >= 4 is 0 Å². The molecule has 3 nitrogen and oxygen atoms in total. The van der Waals surface area contributed by atoms with E-state index in [0.29, 0.717) is 0 Å². The summed E-state index contributed by atoms with van der Waals surface area (Å²) in [5, 5.41) is 13.2. The van der Waals surface area contributed by atoms with Crippen LogP contribution in [-0.2, 0) is 0 Å². The molecule has 2 atom stereocenters. The highest BCUT2D eigenvalue weighted by atomic mass is 16.3. The highest BCUT2D eigenvalue weighted by Gasteiger charge is 2.32. The molecule has 0 aromatic heterocycles. The second kappa shape index (κ2) is 3.56. The minimum absolute atomic E-state index is 0.425. The lowest BCUT2D eigenvalue weighted by atomic mass is 10.1. The Bertz CT molecular complexity index is 176. The molecule has 2 saturated heterocycles. The number of rotatable bonds is 2. The van der Waals surface area contributed by atoms with Crippen LogP contribution in [0.3, 0.4) is 0 Å². The topological polar surface area (TPSA) is 35.5 Å². The fraction of sp³-hybridized carbons (Fsp3) is 1.00. The Morgan fingerprint density at radius 3 is 3.00 bits per heavy atom. The third-order valence-corrected chi connectivity index (χ3v) is 3.21. The monoisotopic (exact) mass is 184 g/mol. The van der Waals surface area contributed by atoms with Crippen molar-refractivity contribution in [1.82, 2.24) is 10.2 Å². The zero-order chi connectivity index (χ0) is 9.31. The van der Waals surface area contributed by atoms with Crippen LogP contribution in [0.15, 0.2) is 0 Å². The molecule has 0 spiro atoms. The molecular weight excluding hydrogens is 164 g/mol. The van der Waals surface area contributed by atoms with Crippen LogP contribution >= 0.6 is 0 Å². The quantitative estimate of drug-likeness (QED) is 0.636. The predicted octanol–water partition coefficient (Wildman–Crippen LogP) is 0.0526. The molecule has 0 aliphatic carbocycles. The largest absolute Gasteiger partial charge is 0.389 e. The number of nitrogens with zero attached hydrogens (tertiary/aromatic N) is 1. The Morgan fingerprint density at radius 2 is 2.46 bits per heavy atom. The maximum absolute atomic E-state index is 9.78. The maximum atomic E-state index is 9.78. The molecule has 2 aliphatic heterocycles. The van der Waals surface area contributed by atoms with E-state index < -0.39 is 5.60 Å². The van der Waals surface area contributed by atoms with Crippen LogP contribution < -0.4 is 5.32 Å². The number of nitrogens with one attached hydrogen (secondary N) is 1. The molecule has 0 saturated carbocycles. The minimum atomic E-state index is -0.425. The van der Waals surface area contributed by atoms with Crippen LogP contribution in [-0.4, -0.2) is 48.3 Å². The Balaban J connectivity index is 1.77. The van der Waals surface area contributed by atoms with Crippen LogP contribution in [0.2, 0.25) is 0 Å². The van der Waals surface area contributed by atoms with Gasteiger partial charge in [0, 0.05) is 19.6 Å². The van der Waals surface area contributed by atoms with Crippen LogP contribution in [0.5, 0.6) is 0 Å². The first-order chi connectivity index (χ1) is 6.16. The summed E-state index contributed by atoms with van der Waals surface area (Å²) in [5.74, 6) is 0.814. The van der Waals surface area contributed by atoms with Gasteiger partial charge in [0.1, 0.15) is 0 Å². The smallest absolute Gasteiger partial charge is 0.0758 e. The standard InChI is InChI=1S/C10H20N2O/c1-10(13)3-5-12(8-10)7-9-2-4-11-6-9/h9,11,13H,2-8H2,1H3. The molecule has 0 aromatic rings. The molecule has 2 unspecified atom stereocenters. The van der Waals surface area contributed by atoms with Crippen LogP contribution in [0.4, 0.5) is 0 Å². The van der Waals surface area contributed by atoms with E-state index >= 15 is 0 Å². The van der Waals surface area contributed by atoms with Gasteiger partial charge in [0.2, 0.25) is 0 Å². The van der Waals surface area contributed by atoms with Crippen molar-refractivity contribution in [1.29, 1.82) is 0 Å². The van der Waals surface area contributed by atoms with Gasteiger partial charge in [-0.15, -0.1) is 0 Å². The summed E-state index contributed by atoms with van der Waals surface area (Å²) in [5.41, 5.74) is -0.425. The van der Waals surface area contributed by atoms with Crippen LogP contribution in [0.1, 0.15) is 19.8 Å². The van der Waals surface area contributed by atoms with Gasteiger partial charge in [-0.2, -0.15) is 0 Å². The highest BCUT2D eigenvalue weighted by molar-refractivity contribution is 4.87. The Hall–Kier alpha value is -0.120. The molecule has 0 aromatic carbocycles. The number of aliphatic hydroxyl groups is 1. The summed E-state index contributed by atoms with van der Waals surface area (Å²) in [4.78, 5) is 2.40. The summed E-state index contributed by atoms with van der Waals surface area (Å²) in [6.45, 7) is 7.39. The number of hydrogen-bond acceptors (Lipinski definition) is 3. The zero-order valence-corrected chi connectivity index (χ0v) is 8.42. The average Bonchev–Trinajstić information content (AvgIpc) is 2.61. The fourth-order valence-electron chi connectivity index (χ4n) is 2.43. The molecule has 0 bridgehead atoms. The van der Waals surface area contributed by atoms with E-state index in [4.69, 9.17) is 0 Å². The van der Waals surface area contributed by atoms with Gasteiger partial charge in [-0.3, -0.25) is 0 Å². The highest BCUT2D eigenvalue weighted by Crippen LogP contribution is 2.22. The van der Waals surface area contributed by atoms with Gasteiger partial charge in [-0.1, -0.05) is 0 Å². The lowest BCUT2D eigenvalue weighted by Crippen LogP contribution is -2.33. The number of likely N-dealkylation sites (tertiary alicyclic amines) is 1. The van der Waals surface area contributed by atoms with Gasteiger partial charge in [0.25, 0.3) is 0 Å². The minimum Gasteiger partial charge on any atom is -0.389 e. The Kier molecular flexibility index (Phi) is 2.58. The summed E-state index contributed by atoms with van der Waals surface area (Å²) >= 11 is 0. The molecule has 2 N–H and O–H groups in total. The van der Waals surface area contributed by atoms with Crippen molar-refractivity contribution in [2.75, 3.05) is 32.7 Å². The van der Waals surface area contributed by atoms with E-state index in [1.165, 1.54) is 26.1 Å². The second-order valence-corrected chi connectivity index (χ2v) is 4.84. The summed E-state index contributed by atoms with van der Waals surface area (Å²) in [6.07, 6.45) is 2.24. The third-order valence-electron chi connectivity index (χ3n) is 3.21. The first-order valence-electron chi connectivity index (χ1n) is 5.31. The molecule has 2 rings (SSSR count). The molecule has 0 radical (unpaired) electrons. The lowest BCUT2D eigenvalue weighted by molar-refractivity contribution is 0.0670. The molecule has 76 valence electrons. The van der Waals surface area contributed by atoms with Gasteiger partial charge < -0.3 is 15.3 Å². The SMILES string of the molecule is CC1(O)CCN(CC2CCNC2)C1. The van der Waals surface area contributed by atoms with Gasteiger partial charge in [0.05, 0.1) is 5.60 Å². The van der Waals surface area contributed by atoms with Crippen molar-refractivity contribution in [3.05, 3.63) is 0 Å². The van der Waals surface area contributed by atoms with E-state index in [-0.39, 0.29) is 0 Å². The first-order valence-corrected chi connectivity index (χ1v) is 5.31. The van der Waals surface area contributed by atoms with Crippen molar-refractivity contribution in [3.63, 3.8) is 0 Å². The molecular formula is C10H20N2O. The summed E-state index contributed by atoms with van der Waals surface area (Å²) in [7, 11) is 0. The molecule has 2 aliphatic rings. The van der Waals surface area contributed by atoms with Crippen LogP contribution in [0, 0.1) is 5.92 Å². The maximum Gasteiger partial charge on any atom is 0.0758 e. The predicted molar refractivity (Wildman–Crippen MR) is 52.7 cm³/mol. The number of hydrogen-bond donors (Lipinski definition) is 2. The van der Waals surface area contributed by atoms with Crippen molar-refractivity contribution in [2.45, 2.75) is 25.4 Å². The molecule has 2 heterocycles. The summed E-state index contributed by atoms with van der Waals surface area (Å²) < 4.78 is 0. The molecule has 2 fully saturated rings. The first kappa shape index (κ1) is 9.44.